The number of hydrogen-bond acceptors (Lipinski definition) is 4. The van der Waals surface area contributed by atoms with Gasteiger partial charge in [-0.2, -0.15) is 5.10 Å². The zero-order valence-electron chi connectivity index (χ0n) is 10.7. The summed E-state index contributed by atoms with van der Waals surface area (Å²) in [7, 11) is 1.82. The van der Waals surface area contributed by atoms with Gasteiger partial charge in [-0.25, -0.2) is 0 Å². The number of aryl methyl sites for hydroxylation is 2. The van der Waals surface area contributed by atoms with Crippen molar-refractivity contribution in [3.05, 3.63) is 47.2 Å². The highest BCUT2D eigenvalue weighted by Crippen LogP contribution is 2.22. The topological polar surface area (TPSA) is 81.9 Å². The van der Waals surface area contributed by atoms with E-state index in [4.69, 9.17) is 11.6 Å². The number of nitrogens with zero attached hydrogens (tertiary/aromatic N) is 2. The van der Waals surface area contributed by atoms with Gasteiger partial charge in [-0.3, -0.25) is 16.0 Å². The molecule has 1 aromatic heterocycles. The lowest BCUT2D eigenvalue weighted by molar-refractivity contribution is 0.553. The molecule has 0 radical (unpaired) electrons. The van der Waals surface area contributed by atoms with Gasteiger partial charge >= 0.3 is 0 Å². The first-order valence-electron chi connectivity index (χ1n) is 5.91. The van der Waals surface area contributed by atoms with Crippen LogP contribution in [-0.4, -0.2) is 9.78 Å². The molecule has 0 saturated carbocycles. The van der Waals surface area contributed by atoms with E-state index in [1.54, 1.807) is 10.9 Å². The maximum absolute atomic E-state index is 5.97. The molecule has 0 amide bonds. The number of anilines is 1. The largest absolute Gasteiger partial charge is 0.384 e. The van der Waals surface area contributed by atoms with Gasteiger partial charge in [-0.05, 0) is 18.9 Å². The van der Waals surface area contributed by atoms with Crippen LogP contribution < -0.4 is 17.0 Å². The fourth-order valence-electron chi connectivity index (χ4n) is 2.07. The van der Waals surface area contributed by atoms with Crippen molar-refractivity contribution >= 4 is 5.82 Å². The van der Waals surface area contributed by atoms with Gasteiger partial charge < -0.3 is 5.73 Å². The third-order valence-electron chi connectivity index (χ3n) is 3.11. The highest BCUT2D eigenvalue weighted by molar-refractivity contribution is 5.41. The summed E-state index contributed by atoms with van der Waals surface area (Å²) in [6.07, 6.45) is 2.55. The highest BCUT2D eigenvalue weighted by atomic mass is 15.3. The van der Waals surface area contributed by atoms with Gasteiger partial charge in [0.1, 0.15) is 5.82 Å². The normalized spacial score (nSPS) is 12.6. The van der Waals surface area contributed by atoms with Crippen molar-refractivity contribution in [2.75, 3.05) is 5.73 Å². The Hall–Kier alpha value is -1.85. The predicted octanol–water partition coefficient (Wildman–Crippen LogP) is 1.06. The van der Waals surface area contributed by atoms with E-state index in [0.29, 0.717) is 5.82 Å². The molecule has 1 atom stereocenters. The summed E-state index contributed by atoms with van der Waals surface area (Å²) in [4.78, 5) is 0. The molecule has 2 aromatic rings. The number of aromatic nitrogens is 2. The number of benzene rings is 1. The summed E-state index contributed by atoms with van der Waals surface area (Å²) in [5.41, 5.74) is 12.2. The molecule has 1 aromatic carbocycles. The Morgan fingerprint density at radius 1 is 1.44 bits per heavy atom. The van der Waals surface area contributed by atoms with Crippen LogP contribution in [-0.2, 0) is 13.5 Å². The molecular weight excluding hydrogens is 226 g/mol. The Bertz CT molecular complexity index is 532. The summed E-state index contributed by atoms with van der Waals surface area (Å²) < 4.78 is 1.65. The predicted molar refractivity (Wildman–Crippen MR) is 72.6 cm³/mol. The Kier molecular flexibility index (Phi) is 3.64. The molecule has 0 saturated heterocycles. The fraction of sp³-hybridized carbons (Fsp3) is 0.308. The van der Waals surface area contributed by atoms with E-state index in [9.17, 15) is 0 Å². The first-order valence-corrected chi connectivity index (χ1v) is 5.91. The standard InChI is InChI=1S/C13H19N5/c1-9-4-3-5-10(6-9)7-12(17-15)11-8-16-18(2)13(11)14/h3-6,8,12,17H,7,14-15H2,1-2H3. The summed E-state index contributed by atoms with van der Waals surface area (Å²) in [6.45, 7) is 2.08. The van der Waals surface area contributed by atoms with Crippen molar-refractivity contribution in [2.45, 2.75) is 19.4 Å². The van der Waals surface area contributed by atoms with Crippen LogP contribution in [0.25, 0.3) is 0 Å². The second-order valence-electron chi connectivity index (χ2n) is 4.52. The molecule has 96 valence electrons. The molecule has 0 aliphatic rings. The minimum absolute atomic E-state index is 0.0273. The van der Waals surface area contributed by atoms with Gasteiger partial charge in [0.15, 0.2) is 0 Å². The second-order valence-corrected chi connectivity index (χ2v) is 4.52. The number of hydrogen-bond donors (Lipinski definition) is 3. The average Bonchev–Trinajstić information content (AvgIpc) is 2.67. The molecular formula is C13H19N5. The van der Waals surface area contributed by atoms with Gasteiger partial charge in [0.05, 0.1) is 12.2 Å². The molecule has 0 spiro atoms. The number of nitrogens with two attached hydrogens (primary N) is 2. The lowest BCUT2D eigenvalue weighted by Crippen LogP contribution is -2.30. The molecule has 0 aliphatic heterocycles. The Labute approximate surface area is 107 Å². The fourth-order valence-corrected chi connectivity index (χ4v) is 2.07. The molecule has 0 aliphatic carbocycles. The highest BCUT2D eigenvalue weighted by Gasteiger charge is 2.16. The number of hydrazine groups is 1. The molecule has 1 heterocycles. The van der Waals surface area contributed by atoms with Crippen molar-refractivity contribution in [3.63, 3.8) is 0 Å². The molecule has 1 unspecified atom stereocenters. The van der Waals surface area contributed by atoms with Crippen LogP contribution >= 0.6 is 0 Å². The van der Waals surface area contributed by atoms with Crippen LogP contribution in [0, 0.1) is 6.92 Å². The Balaban J connectivity index is 2.22. The van der Waals surface area contributed by atoms with Crippen LogP contribution in [0.4, 0.5) is 5.82 Å². The van der Waals surface area contributed by atoms with Gasteiger partial charge in [-0.15, -0.1) is 0 Å². The number of nitrogens with one attached hydrogen (secondary N) is 1. The van der Waals surface area contributed by atoms with Crippen molar-refractivity contribution in [2.24, 2.45) is 12.9 Å². The van der Waals surface area contributed by atoms with E-state index in [1.165, 1.54) is 11.1 Å². The summed E-state index contributed by atoms with van der Waals surface area (Å²) in [5.74, 6) is 6.27. The monoisotopic (exact) mass is 245 g/mol. The lowest BCUT2D eigenvalue weighted by atomic mass is 10.00. The first-order chi connectivity index (χ1) is 8.61. The second kappa shape index (κ2) is 5.20. The minimum Gasteiger partial charge on any atom is -0.384 e. The average molecular weight is 245 g/mol. The lowest BCUT2D eigenvalue weighted by Gasteiger charge is -2.15. The Morgan fingerprint density at radius 2 is 2.22 bits per heavy atom. The molecule has 5 heteroatoms. The summed E-state index contributed by atoms with van der Waals surface area (Å²) in [5, 5.41) is 4.14. The third-order valence-corrected chi connectivity index (χ3v) is 3.11. The molecule has 5 N–H and O–H groups in total. The first kappa shape index (κ1) is 12.6. The maximum atomic E-state index is 5.97. The zero-order chi connectivity index (χ0) is 13.1. The van der Waals surface area contributed by atoms with Crippen molar-refractivity contribution in [1.82, 2.24) is 15.2 Å². The van der Waals surface area contributed by atoms with Gasteiger partial charge in [0, 0.05) is 12.6 Å². The van der Waals surface area contributed by atoms with Crippen molar-refractivity contribution in [3.8, 4) is 0 Å². The molecule has 0 fully saturated rings. The third kappa shape index (κ3) is 2.52. The zero-order valence-corrected chi connectivity index (χ0v) is 10.7. The number of nitrogen functional groups attached to an aromatic ring is 1. The molecule has 18 heavy (non-hydrogen) atoms. The van der Waals surface area contributed by atoms with E-state index < -0.39 is 0 Å². The SMILES string of the molecule is Cc1cccc(CC(NN)c2cnn(C)c2N)c1. The maximum Gasteiger partial charge on any atom is 0.126 e. The van der Waals surface area contributed by atoms with Crippen LogP contribution in [0.1, 0.15) is 22.7 Å². The van der Waals surface area contributed by atoms with Crippen molar-refractivity contribution < 1.29 is 0 Å². The van der Waals surface area contributed by atoms with Crippen molar-refractivity contribution in [1.29, 1.82) is 0 Å². The van der Waals surface area contributed by atoms with E-state index in [-0.39, 0.29) is 6.04 Å². The van der Waals surface area contributed by atoms with E-state index in [0.717, 1.165) is 12.0 Å². The van der Waals surface area contributed by atoms with E-state index >= 15 is 0 Å². The quantitative estimate of drug-likeness (QED) is 0.555. The number of rotatable bonds is 4. The molecule has 2 rings (SSSR count). The summed E-state index contributed by atoms with van der Waals surface area (Å²) in [6, 6.07) is 8.33. The van der Waals surface area contributed by atoms with Crippen LogP contribution in [0.2, 0.25) is 0 Å². The smallest absolute Gasteiger partial charge is 0.126 e. The van der Waals surface area contributed by atoms with Gasteiger partial charge in [-0.1, -0.05) is 29.8 Å². The van der Waals surface area contributed by atoms with E-state index in [1.807, 2.05) is 13.1 Å². The van der Waals surface area contributed by atoms with Gasteiger partial charge in [0.25, 0.3) is 0 Å². The summed E-state index contributed by atoms with van der Waals surface area (Å²) >= 11 is 0. The van der Waals surface area contributed by atoms with Crippen LogP contribution in [0.3, 0.4) is 0 Å². The van der Waals surface area contributed by atoms with Crippen LogP contribution in [0.5, 0.6) is 0 Å². The molecule has 5 nitrogen and oxygen atoms in total. The molecule has 0 bridgehead atoms. The Morgan fingerprint density at radius 3 is 2.78 bits per heavy atom. The van der Waals surface area contributed by atoms with Crippen LogP contribution in [0.15, 0.2) is 30.5 Å². The minimum atomic E-state index is -0.0273. The van der Waals surface area contributed by atoms with Gasteiger partial charge in [0.2, 0.25) is 0 Å². The van der Waals surface area contributed by atoms with E-state index in [2.05, 4.69) is 35.6 Å².